The van der Waals surface area contributed by atoms with Crippen LogP contribution < -0.4 is 0 Å². The van der Waals surface area contributed by atoms with Gasteiger partial charge in [-0.2, -0.15) is 5.10 Å². The smallest absolute Gasteiger partial charge is 0.305 e. The second-order valence-electron chi connectivity index (χ2n) is 4.78. The number of amides is 1. The van der Waals surface area contributed by atoms with E-state index < -0.39 is 5.97 Å². The van der Waals surface area contributed by atoms with E-state index in [0.717, 1.165) is 5.56 Å². The van der Waals surface area contributed by atoms with Crippen molar-refractivity contribution in [3.05, 3.63) is 48.0 Å². The average molecular weight is 302 g/mol. The van der Waals surface area contributed by atoms with Crippen LogP contribution >= 0.6 is 0 Å². The van der Waals surface area contributed by atoms with Gasteiger partial charge in [0, 0.05) is 18.7 Å². The Labute approximate surface area is 128 Å². The van der Waals surface area contributed by atoms with Gasteiger partial charge in [-0.25, -0.2) is 9.67 Å². The Hall–Kier alpha value is -2.70. The molecular weight excluding hydrogens is 284 g/mol. The molecule has 1 aromatic heterocycles. The fraction of sp³-hybridized carbons (Fsp3) is 0.333. The first-order chi connectivity index (χ1) is 10.6. The van der Waals surface area contributed by atoms with Crippen molar-refractivity contribution in [2.45, 2.75) is 19.9 Å². The molecule has 0 saturated carbocycles. The molecule has 0 aliphatic rings. The predicted octanol–water partition coefficient (Wildman–Crippen LogP) is 1.26. The van der Waals surface area contributed by atoms with E-state index in [2.05, 4.69) is 10.1 Å². The van der Waals surface area contributed by atoms with Crippen molar-refractivity contribution in [2.24, 2.45) is 0 Å². The molecule has 7 nitrogen and oxygen atoms in total. The van der Waals surface area contributed by atoms with E-state index in [1.165, 1.54) is 11.2 Å². The van der Waals surface area contributed by atoms with Gasteiger partial charge in [-0.3, -0.25) is 9.59 Å². The quantitative estimate of drug-likeness (QED) is 0.832. The molecule has 2 aromatic rings. The Kier molecular flexibility index (Phi) is 5.24. The summed E-state index contributed by atoms with van der Waals surface area (Å²) in [5.74, 6) is -1.08. The molecule has 0 radical (unpaired) electrons. The zero-order valence-electron chi connectivity index (χ0n) is 12.3. The largest absolute Gasteiger partial charge is 0.481 e. The molecule has 0 spiro atoms. The molecule has 7 heteroatoms. The fourth-order valence-corrected chi connectivity index (χ4v) is 2.16. The van der Waals surface area contributed by atoms with Crippen LogP contribution in [0.25, 0.3) is 0 Å². The Morgan fingerprint density at radius 1 is 1.32 bits per heavy atom. The van der Waals surface area contributed by atoms with Gasteiger partial charge in [-0.1, -0.05) is 18.2 Å². The van der Waals surface area contributed by atoms with Crippen LogP contribution in [0.4, 0.5) is 0 Å². The SMILES string of the molecule is CCN(CCC(=O)O)C(=O)c1ccccc1Cn1cncn1. The Bertz CT molecular complexity index is 640. The van der Waals surface area contributed by atoms with Gasteiger partial charge in [-0.15, -0.1) is 0 Å². The summed E-state index contributed by atoms with van der Waals surface area (Å²) in [6.45, 7) is 2.93. The molecule has 116 valence electrons. The van der Waals surface area contributed by atoms with Crippen LogP contribution in [0.15, 0.2) is 36.9 Å². The minimum atomic E-state index is -0.915. The lowest BCUT2D eigenvalue weighted by atomic mass is 10.1. The highest BCUT2D eigenvalue weighted by molar-refractivity contribution is 5.95. The Balaban J connectivity index is 2.19. The van der Waals surface area contributed by atoms with Crippen LogP contribution in [0.3, 0.4) is 0 Å². The number of nitrogens with zero attached hydrogens (tertiary/aromatic N) is 4. The highest BCUT2D eigenvalue weighted by Gasteiger charge is 2.18. The number of hydrogen-bond acceptors (Lipinski definition) is 4. The van der Waals surface area contributed by atoms with Gasteiger partial charge in [0.1, 0.15) is 12.7 Å². The number of aromatic nitrogens is 3. The lowest BCUT2D eigenvalue weighted by Crippen LogP contribution is -2.33. The third kappa shape index (κ3) is 3.91. The van der Waals surface area contributed by atoms with Crippen molar-refractivity contribution in [1.82, 2.24) is 19.7 Å². The summed E-state index contributed by atoms with van der Waals surface area (Å²) < 4.78 is 1.64. The maximum atomic E-state index is 12.6. The Morgan fingerprint density at radius 2 is 2.09 bits per heavy atom. The Morgan fingerprint density at radius 3 is 2.73 bits per heavy atom. The standard InChI is InChI=1S/C15H18N4O3/c1-2-18(8-7-14(20)21)15(22)13-6-4-3-5-12(13)9-19-11-16-10-17-19/h3-6,10-11H,2,7-9H2,1H3,(H,20,21). The van der Waals surface area contributed by atoms with Gasteiger partial charge >= 0.3 is 5.97 Å². The van der Waals surface area contributed by atoms with Crippen LogP contribution in [0.2, 0.25) is 0 Å². The molecule has 0 fully saturated rings. The lowest BCUT2D eigenvalue weighted by Gasteiger charge is -2.21. The van der Waals surface area contributed by atoms with Crippen LogP contribution in [0.1, 0.15) is 29.3 Å². The van der Waals surface area contributed by atoms with Gasteiger partial charge in [-0.05, 0) is 18.6 Å². The summed E-state index contributed by atoms with van der Waals surface area (Å²) in [5, 5.41) is 12.8. The summed E-state index contributed by atoms with van der Waals surface area (Å²) in [5.41, 5.74) is 1.39. The number of carboxylic acids is 1. The summed E-state index contributed by atoms with van der Waals surface area (Å²) in [6.07, 6.45) is 2.96. The third-order valence-corrected chi connectivity index (χ3v) is 3.31. The number of hydrogen-bond donors (Lipinski definition) is 1. The van der Waals surface area contributed by atoms with Crippen molar-refractivity contribution < 1.29 is 14.7 Å². The molecule has 2 rings (SSSR count). The van der Waals surface area contributed by atoms with Gasteiger partial charge in [0.25, 0.3) is 5.91 Å². The molecule has 0 aliphatic carbocycles. The topological polar surface area (TPSA) is 88.3 Å². The van der Waals surface area contributed by atoms with E-state index in [4.69, 9.17) is 5.11 Å². The average Bonchev–Trinajstić information content (AvgIpc) is 3.01. The zero-order valence-corrected chi connectivity index (χ0v) is 12.3. The van der Waals surface area contributed by atoms with Crippen molar-refractivity contribution in [3.63, 3.8) is 0 Å². The van der Waals surface area contributed by atoms with Crippen molar-refractivity contribution in [2.75, 3.05) is 13.1 Å². The maximum absolute atomic E-state index is 12.6. The minimum Gasteiger partial charge on any atom is -0.481 e. The first-order valence-corrected chi connectivity index (χ1v) is 7.03. The first-order valence-electron chi connectivity index (χ1n) is 7.03. The molecule has 1 amide bonds. The normalized spacial score (nSPS) is 10.4. The molecule has 22 heavy (non-hydrogen) atoms. The number of aliphatic carboxylic acids is 1. The number of carbonyl (C=O) groups excluding carboxylic acids is 1. The van der Waals surface area contributed by atoms with Crippen molar-refractivity contribution in [3.8, 4) is 0 Å². The highest BCUT2D eigenvalue weighted by atomic mass is 16.4. The van der Waals surface area contributed by atoms with E-state index in [1.807, 2.05) is 19.1 Å². The van der Waals surface area contributed by atoms with Crippen molar-refractivity contribution in [1.29, 1.82) is 0 Å². The maximum Gasteiger partial charge on any atom is 0.305 e. The molecule has 0 aliphatic heterocycles. The van der Waals surface area contributed by atoms with E-state index in [-0.39, 0.29) is 18.9 Å². The molecule has 0 unspecified atom stereocenters. The predicted molar refractivity (Wildman–Crippen MR) is 79.4 cm³/mol. The van der Waals surface area contributed by atoms with Crippen LogP contribution in [-0.2, 0) is 11.3 Å². The van der Waals surface area contributed by atoms with E-state index in [0.29, 0.717) is 18.7 Å². The second-order valence-corrected chi connectivity index (χ2v) is 4.78. The van der Waals surface area contributed by atoms with Gasteiger partial charge < -0.3 is 10.0 Å². The van der Waals surface area contributed by atoms with Crippen molar-refractivity contribution >= 4 is 11.9 Å². The van der Waals surface area contributed by atoms with E-state index in [9.17, 15) is 9.59 Å². The monoisotopic (exact) mass is 302 g/mol. The molecule has 1 N–H and O–H groups in total. The zero-order chi connectivity index (χ0) is 15.9. The van der Waals surface area contributed by atoms with Crippen LogP contribution in [0, 0.1) is 0 Å². The first kappa shape index (κ1) is 15.7. The number of rotatable bonds is 7. The number of benzene rings is 1. The molecule has 0 atom stereocenters. The van der Waals surface area contributed by atoms with E-state index >= 15 is 0 Å². The third-order valence-electron chi connectivity index (χ3n) is 3.31. The minimum absolute atomic E-state index is 0.0647. The fourth-order valence-electron chi connectivity index (χ4n) is 2.16. The molecule has 0 saturated heterocycles. The van der Waals surface area contributed by atoms with E-state index in [1.54, 1.807) is 23.1 Å². The summed E-state index contributed by atoms with van der Waals surface area (Å²) in [7, 11) is 0. The van der Waals surface area contributed by atoms with Gasteiger partial charge in [0.2, 0.25) is 0 Å². The molecular formula is C15H18N4O3. The summed E-state index contributed by atoms with van der Waals surface area (Å²) >= 11 is 0. The molecule has 1 heterocycles. The van der Waals surface area contributed by atoms with Gasteiger partial charge in [0.05, 0.1) is 13.0 Å². The van der Waals surface area contributed by atoms with Crippen LogP contribution in [0.5, 0.6) is 0 Å². The van der Waals surface area contributed by atoms with Crippen LogP contribution in [-0.4, -0.2) is 49.7 Å². The molecule has 0 bridgehead atoms. The molecule has 1 aromatic carbocycles. The lowest BCUT2D eigenvalue weighted by molar-refractivity contribution is -0.137. The second kappa shape index (κ2) is 7.35. The number of carboxylic acid groups (broad SMARTS) is 1. The highest BCUT2D eigenvalue weighted by Crippen LogP contribution is 2.13. The summed E-state index contributed by atoms with van der Waals surface area (Å²) in [4.78, 5) is 28.7. The van der Waals surface area contributed by atoms with Gasteiger partial charge in [0.15, 0.2) is 0 Å². The number of carbonyl (C=O) groups is 2. The summed E-state index contributed by atoms with van der Waals surface area (Å²) in [6, 6.07) is 7.26.